The van der Waals surface area contributed by atoms with Crippen molar-refractivity contribution in [1.29, 1.82) is 0 Å². The third-order valence-electron chi connectivity index (χ3n) is 3.36. The molecule has 1 aliphatic carbocycles. The molecule has 5 N–H and O–H groups in total. The highest BCUT2D eigenvalue weighted by Gasteiger charge is 2.48. The van der Waals surface area contributed by atoms with Gasteiger partial charge < -0.3 is 30.3 Å². The molecule has 1 aromatic carbocycles. The van der Waals surface area contributed by atoms with Gasteiger partial charge in [-0.05, 0) is 5.56 Å². The first-order chi connectivity index (χ1) is 9.02. The topological polar surface area (TPSA) is 110 Å². The average Bonchev–Trinajstić information content (AvgIpc) is 2.44. The van der Waals surface area contributed by atoms with Crippen LogP contribution in [0.1, 0.15) is 5.56 Å². The molecule has 0 amide bonds. The first kappa shape index (κ1) is 14.4. The van der Waals surface area contributed by atoms with E-state index in [4.69, 9.17) is 4.74 Å². The molecule has 6 atom stereocenters. The minimum atomic E-state index is -1.60. The van der Waals surface area contributed by atoms with Crippen molar-refractivity contribution < 1.29 is 30.3 Å². The third-order valence-corrected chi connectivity index (χ3v) is 3.36. The number of hydrogen-bond donors (Lipinski definition) is 5. The van der Waals surface area contributed by atoms with E-state index in [0.29, 0.717) is 0 Å². The summed E-state index contributed by atoms with van der Waals surface area (Å²) in [6.45, 7) is 0.120. The van der Waals surface area contributed by atoms with Crippen molar-refractivity contribution >= 4 is 0 Å². The summed E-state index contributed by atoms with van der Waals surface area (Å²) in [6, 6.07) is 9.10. The van der Waals surface area contributed by atoms with Crippen LogP contribution >= 0.6 is 0 Å². The second kappa shape index (κ2) is 5.96. The molecule has 0 heterocycles. The van der Waals surface area contributed by atoms with Crippen LogP contribution in [0.15, 0.2) is 30.3 Å². The van der Waals surface area contributed by atoms with Crippen molar-refractivity contribution in [2.75, 3.05) is 0 Å². The second-order valence-corrected chi connectivity index (χ2v) is 4.71. The zero-order valence-corrected chi connectivity index (χ0v) is 10.2. The Bertz CT molecular complexity index is 381. The highest BCUT2D eigenvalue weighted by atomic mass is 16.5. The van der Waals surface area contributed by atoms with E-state index < -0.39 is 36.6 Å². The molecule has 2 rings (SSSR count). The highest BCUT2D eigenvalue weighted by molar-refractivity contribution is 5.13. The Kier molecular flexibility index (Phi) is 4.51. The maximum absolute atomic E-state index is 9.77. The monoisotopic (exact) mass is 270 g/mol. The molecule has 6 heteroatoms. The van der Waals surface area contributed by atoms with Crippen molar-refractivity contribution in [1.82, 2.24) is 0 Å². The van der Waals surface area contributed by atoms with Crippen molar-refractivity contribution in [3.05, 3.63) is 35.9 Å². The van der Waals surface area contributed by atoms with Crippen molar-refractivity contribution in [3.63, 3.8) is 0 Å². The number of aliphatic hydroxyl groups is 5. The molecular weight excluding hydrogens is 252 g/mol. The van der Waals surface area contributed by atoms with E-state index in [1.807, 2.05) is 30.3 Å². The van der Waals surface area contributed by atoms with E-state index in [1.165, 1.54) is 0 Å². The Morgan fingerprint density at radius 3 is 1.74 bits per heavy atom. The summed E-state index contributed by atoms with van der Waals surface area (Å²) < 4.78 is 5.35. The largest absolute Gasteiger partial charge is 0.387 e. The van der Waals surface area contributed by atoms with Gasteiger partial charge in [-0.2, -0.15) is 0 Å². The molecule has 6 nitrogen and oxygen atoms in total. The molecule has 0 spiro atoms. The maximum atomic E-state index is 9.77. The van der Waals surface area contributed by atoms with Crippen LogP contribution < -0.4 is 0 Å². The molecule has 1 aromatic rings. The number of hydrogen-bond acceptors (Lipinski definition) is 6. The van der Waals surface area contributed by atoms with Crippen molar-refractivity contribution in [2.45, 2.75) is 43.2 Å². The summed E-state index contributed by atoms with van der Waals surface area (Å²) in [5, 5.41) is 48.1. The van der Waals surface area contributed by atoms with Crippen LogP contribution in [0.2, 0.25) is 0 Å². The van der Waals surface area contributed by atoms with Gasteiger partial charge in [-0.1, -0.05) is 30.3 Å². The number of benzene rings is 1. The summed E-state index contributed by atoms with van der Waals surface area (Å²) in [5.74, 6) is 0. The zero-order chi connectivity index (χ0) is 14.0. The van der Waals surface area contributed by atoms with Gasteiger partial charge in [-0.3, -0.25) is 0 Å². The van der Waals surface area contributed by atoms with Crippen LogP contribution in [0, 0.1) is 0 Å². The molecule has 1 saturated carbocycles. The van der Waals surface area contributed by atoms with Gasteiger partial charge in [0.2, 0.25) is 0 Å². The summed E-state index contributed by atoms with van der Waals surface area (Å²) in [4.78, 5) is 0. The van der Waals surface area contributed by atoms with E-state index in [-0.39, 0.29) is 6.61 Å². The van der Waals surface area contributed by atoms with Crippen molar-refractivity contribution in [2.24, 2.45) is 0 Å². The van der Waals surface area contributed by atoms with Gasteiger partial charge in [0.25, 0.3) is 0 Å². The van der Waals surface area contributed by atoms with E-state index >= 15 is 0 Å². The van der Waals surface area contributed by atoms with Gasteiger partial charge in [0.1, 0.15) is 36.6 Å². The van der Waals surface area contributed by atoms with Crippen LogP contribution in [0.4, 0.5) is 0 Å². The molecule has 0 radical (unpaired) electrons. The van der Waals surface area contributed by atoms with Gasteiger partial charge in [0, 0.05) is 0 Å². The fraction of sp³-hybridized carbons (Fsp3) is 0.538. The molecule has 0 saturated heterocycles. The SMILES string of the molecule is OC1[C@@H](O)[C@H](O)C(OCc2ccccc2)[C@@H](O)[C@H]1O. The van der Waals surface area contributed by atoms with Gasteiger partial charge >= 0.3 is 0 Å². The molecule has 106 valence electrons. The van der Waals surface area contributed by atoms with Crippen LogP contribution in [0.5, 0.6) is 0 Å². The van der Waals surface area contributed by atoms with E-state index in [1.54, 1.807) is 0 Å². The molecule has 0 aromatic heterocycles. The Morgan fingerprint density at radius 2 is 1.21 bits per heavy atom. The lowest BCUT2D eigenvalue weighted by Crippen LogP contribution is -2.64. The lowest BCUT2D eigenvalue weighted by Gasteiger charge is -2.41. The first-order valence-corrected chi connectivity index (χ1v) is 6.08. The quantitative estimate of drug-likeness (QED) is 0.452. The molecule has 0 aliphatic heterocycles. The Hall–Kier alpha value is -1.02. The fourth-order valence-corrected chi connectivity index (χ4v) is 2.16. The Balaban J connectivity index is 2.02. The standard InChI is InChI=1S/C13H18O6/c14-8-9(15)11(17)13(12(18)10(8)16)19-6-7-4-2-1-3-5-7/h1-5,8-18H,6H2/t8?,9-,10+,11-,12-,13?/m0/s1. The normalized spacial score (nSPS) is 39.2. The molecule has 1 aliphatic rings. The molecule has 19 heavy (non-hydrogen) atoms. The minimum absolute atomic E-state index is 0.120. The van der Waals surface area contributed by atoms with Gasteiger partial charge in [0.05, 0.1) is 6.61 Å². The first-order valence-electron chi connectivity index (χ1n) is 6.08. The number of ether oxygens (including phenoxy) is 1. The van der Waals surface area contributed by atoms with E-state index in [0.717, 1.165) is 5.56 Å². The average molecular weight is 270 g/mol. The van der Waals surface area contributed by atoms with Crippen LogP contribution in [-0.2, 0) is 11.3 Å². The van der Waals surface area contributed by atoms with Crippen LogP contribution in [-0.4, -0.2) is 62.2 Å². The summed E-state index contributed by atoms with van der Waals surface area (Å²) in [5.41, 5.74) is 0.831. The second-order valence-electron chi connectivity index (χ2n) is 4.71. The van der Waals surface area contributed by atoms with E-state index in [2.05, 4.69) is 0 Å². The lowest BCUT2D eigenvalue weighted by molar-refractivity contribution is -0.237. The zero-order valence-electron chi connectivity index (χ0n) is 10.2. The summed E-state index contributed by atoms with van der Waals surface area (Å²) >= 11 is 0. The minimum Gasteiger partial charge on any atom is -0.387 e. The van der Waals surface area contributed by atoms with Crippen LogP contribution in [0.3, 0.4) is 0 Å². The van der Waals surface area contributed by atoms with Gasteiger partial charge in [-0.25, -0.2) is 0 Å². The maximum Gasteiger partial charge on any atom is 0.115 e. The predicted molar refractivity (Wildman–Crippen MR) is 65.1 cm³/mol. The summed E-state index contributed by atoms with van der Waals surface area (Å²) in [6.07, 6.45) is -8.79. The summed E-state index contributed by atoms with van der Waals surface area (Å²) in [7, 11) is 0. The smallest absolute Gasteiger partial charge is 0.115 e. The van der Waals surface area contributed by atoms with Gasteiger partial charge in [0.15, 0.2) is 0 Å². The fourth-order valence-electron chi connectivity index (χ4n) is 2.16. The number of rotatable bonds is 3. The third kappa shape index (κ3) is 2.94. The lowest BCUT2D eigenvalue weighted by atomic mass is 9.85. The van der Waals surface area contributed by atoms with Crippen LogP contribution in [0.25, 0.3) is 0 Å². The molecule has 2 unspecified atom stereocenters. The number of aliphatic hydroxyl groups excluding tert-OH is 5. The van der Waals surface area contributed by atoms with Crippen molar-refractivity contribution in [3.8, 4) is 0 Å². The van der Waals surface area contributed by atoms with Gasteiger partial charge in [-0.15, -0.1) is 0 Å². The predicted octanol–water partition coefficient (Wildman–Crippen LogP) is -1.61. The molecular formula is C13H18O6. The Labute approximate surface area is 110 Å². The molecule has 1 fully saturated rings. The highest BCUT2D eigenvalue weighted by Crippen LogP contribution is 2.24. The Morgan fingerprint density at radius 1 is 0.737 bits per heavy atom. The van der Waals surface area contributed by atoms with E-state index in [9.17, 15) is 25.5 Å². The molecule has 0 bridgehead atoms.